The molecule has 2 fully saturated rings. The van der Waals surface area contributed by atoms with E-state index < -0.39 is 0 Å². The third-order valence-corrected chi connectivity index (χ3v) is 6.03. The summed E-state index contributed by atoms with van der Waals surface area (Å²) in [4.78, 5) is 10.5. The highest BCUT2D eigenvalue weighted by molar-refractivity contribution is 14.0. The zero-order valence-corrected chi connectivity index (χ0v) is 18.9. The van der Waals surface area contributed by atoms with Gasteiger partial charge >= 0.3 is 0 Å². The number of hydrogen-bond donors (Lipinski definition) is 1. The van der Waals surface area contributed by atoms with Gasteiger partial charge in [0.2, 0.25) is 0 Å². The van der Waals surface area contributed by atoms with E-state index in [1.54, 1.807) is 17.8 Å². The van der Waals surface area contributed by atoms with Crippen molar-refractivity contribution in [2.75, 3.05) is 46.0 Å². The van der Waals surface area contributed by atoms with Crippen LogP contribution < -0.4 is 5.32 Å². The van der Waals surface area contributed by atoms with Gasteiger partial charge in [0, 0.05) is 38.1 Å². The maximum atomic E-state index is 13.6. The molecule has 0 aromatic heterocycles. The van der Waals surface area contributed by atoms with Crippen LogP contribution in [0.25, 0.3) is 0 Å². The molecule has 1 aromatic carbocycles. The molecule has 3 rings (SSSR count). The van der Waals surface area contributed by atoms with E-state index in [0.29, 0.717) is 6.54 Å². The molecule has 2 aliphatic rings. The Morgan fingerprint density at radius 3 is 2.77 bits per heavy atom. The SMILES string of the molecule is CN=C(NCc1cc(F)ccc1SC)N1CCC(CN2CCCC2)C1.I. The Labute approximate surface area is 178 Å². The minimum Gasteiger partial charge on any atom is -0.352 e. The van der Waals surface area contributed by atoms with Gasteiger partial charge in [0.05, 0.1) is 0 Å². The predicted octanol–water partition coefficient (Wildman–Crippen LogP) is 3.66. The Balaban J connectivity index is 0.00000243. The highest BCUT2D eigenvalue weighted by Crippen LogP contribution is 2.22. The van der Waals surface area contributed by atoms with Crippen molar-refractivity contribution in [1.29, 1.82) is 0 Å². The van der Waals surface area contributed by atoms with E-state index in [9.17, 15) is 4.39 Å². The van der Waals surface area contributed by atoms with Crippen LogP contribution in [0, 0.1) is 11.7 Å². The first-order valence-electron chi connectivity index (χ1n) is 9.20. The third-order valence-electron chi connectivity index (χ3n) is 5.19. The van der Waals surface area contributed by atoms with Gasteiger partial charge in [-0.05, 0) is 68.3 Å². The van der Waals surface area contributed by atoms with E-state index in [4.69, 9.17) is 0 Å². The van der Waals surface area contributed by atoms with E-state index in [2.05, 4.69) is 20.1 Å². The summed E-state index contributed by atoms with van der Waals surface area (Å²) in [5.41, 5.74) is 0.987. The number of hydrogen-bond acceptors (Lipinski definition) is 3. The second-order valence-corrected chi connectivity index (χ2v) is 7.81. The fourth-order valence-electron chi connectivity index (χ4n) is 3.90. The number of thioether (sulfide) groups is 1. The zero-order valence-electron chi connectivity index (χ0n) is 15.7. The van der Waals surface area contributed by atoms with Gasteiger partial charge in [0.1, 0.15) is 5.82 Å². The van der Waals surface area contributed by atoms with Gasteiger partial charge in [-0.3, -0.25) is 4.99 Å². The van der Waals surface area contributed by atoms with Crippen molar-refractivity contribution in [1.82, 2.24) is 15.1 Å². The van der Waals surface area contributed by atoms with Gasteiger partial charge in [0.15, 0.2) is 5.96 Å². The highest BCUT2D eigenvalue weighted by Gasteiger charge is 2.27. The van der Waals surface area contributed by atoms with Crippen molar-refractivity contribution in [3.63, 3.8) is 0 Å². The predicted molar refractivity (Wildman–Crippen MR) is 119 cm³/mol. The van der Waals surface area contributed by atoms with Crippen LogP contribution in [0.3, 0.4) is 0 Å². The molecular formula is C19H30FIN4S. The largest absolute Gasteiger partial charge is 0.352 e. The average Bonchev–Trinajstić information content (AvgIpc) is 3.28. The van der Waals surface area contributed by atoms with Gasteiger partial charge in [-0.15, -0.1) is 35.7 Å². The maximum Gasteiger partial charge on any atom is 0.193 e. The van der Waals surface area contributed by atoms with Crippen molar-refractivity contribution in [3.8, 4) is 0 Å². The molecule has 0 aliphatic carbocycles. The van der Waals surface area contributed by atoms with Crippen molar-refractivity contribution >= 4 is 41.7 Å². The first-order valence-corrected chi connectivity index (χ1v) is 10.4. The first kappa shape index (κ1) is 21.8. The summed E-state index contributed by atoms with van der Waals surface area (Å²) in [6.07, 6.45) is 5.96. The molecule has 4 nitrogen and oxygen atoms in total. The molecule has 1 aromatic rings. The lowest BCUT2D eigenvalue weighted by molar-refractivity contribution is 0.281. The quantitative estimate of drug-likeness (QED) is 0.294. The van der Waals surface area contributed by atoms with E-state index in [1.165, 1.54) is 45.0 Å². The lowest BCUT2D eigenvalue weighted by Crippen LogP contribution is -2.40. The fourth-order valence-corrected chi connectivity index (χ4v) is 4.49. The number of aliphatic imine (C=N–C) groups is 1. The number of nitrogens with one attached hydrogen (secondary N) is 1. The summed E-state index contributed by atoms with van der Waals surface area (Å²) in [6.45, 7) is 6.47. The van der Waals surface area contributed by atoms with E-state index in [-0.39, 0.29) is 29.8 Å². The van der Waals surface area contributed by atoms with Crippen LogP contribution in [0.4, 0.5) is 4.39 Å². The Morgan fingerprint density at radius 1 is 1.31 bits per heavy atom. The van der Waals surface area contributed by atoms with Gasteiger partial charge in [-0.2, -0.15) is 0 Å². The lowest BCUT2D eigenvalue weighted by atomic mass is 10.1. The Kier molecular flexibility index (Phi) is 8.96. The summed E-state index contributed by atoms with van der Waals surface area (Å²) in [5, 5.41) is 3.43. The minimum absolute atomic E-state index is 0. The molecule has 0 radical (unpaired) electrons. The molecular weight excluding hydrogens is 462 g/mol. The minimum atomic E-state index is -0.184. The molecule has 0 amide bonds. The molecule has 2 heterocycles. The highest BCUT2D eigenvalue weighted by atomic mass is 127. The molecule has 1 unspecified atom stereocenters. The third kappa shape index (κ3) is 5.73. The van der Waals surface area contributed by atoms with Crippen molar-refractivity contribution < 1.29 is 4.39 Å². The van der Waals surface area contributed by atoms with Crippen molar-refractivity contribution in [3.05, 3.63) is 29.6 Å². The maximum absolute atomic E-state index is 13.6. The van der Waals surface area contributed by atoms with Crippen LogP contribution >= 0.6 is 35.7 Å². The van der Waals surface area contributed by atoms with Crippen LogP contribution in [0.15, 0.2) is 28.1 Å². The number of likely N-dealkylation sites (tertiary alicyclic amines) is 2. The van der Waals surface area contributed by atoms with Crippen LogP contribution in [0.2, 0.25) is 0 Å². The second-order valence-electron chi connectivity index (χ2n) is 6.97. The molecule has 7 heteroatoms. The number of nitrogens with zero attached hydrogens (tertiary/aromatic N) is 3. The van der Waals surface area contributed by atoms with E-state index in [0.717, 1.165) is 35.4 Å². The average molecular weight is 492 g/mol. The standard InChI is InChI=1S/C19H29FN4S.HI/c1-21-19(22-12-16-11-17(20)5-6-18(16)25-2)24-10-7-15(14-24)13-23-8-3-4-9-23;/h5-6,11,15H,3-4,7-10,12-14H2,1-2H3,(H,21,22);1H. The Morgan fingerprint density at radius 2 is 2.08 bits per heavy atom. The molecule has 1 N–H and O–H groups in total. The zero-order chi connectivity index (χ0) is 17.6. The Hall–Kier alpha value is -0.540. The summed E-state index contributed by atoms with van der Waals surface area (Å²) < 4.78 is 13.6. The number of benzene rings is 1. The van der Waals surface area contributed by atoms with Crippen LogP contribution in [-0.4, -0.2) is 61.8 Å². The molecule has 0 bridgehead atoms. The number of rotatable bonds is 5. The lowest BCUT2D eigenvalue weighted by Gasteiger charge is -2.23. The summed E-state index contributed by atoms with van der Waals surface area (Å²) in [7, 11) is 1.83. The molecule has 0 saturated carbocycles. The summed E-state index contributed by atoms with van der Waals surface area (Å²) in [5.74, 6) is 1.48. The summed E-state index contributed by atoms with van der Waals surface area (Å²) in [6, 6.07) is 4.99. The normalized spacial score (nSPS) is 21.1. The number of guanidine groups is 1. The second kappa shape index (κ2) is 10.7. The molecule has 26 heavy (non-hydrogen) atoms. The van der Waals surface area contributed by atoms with E-state index in [1.807, 2.05) is 19.4 Å². The van der Waals surface area contributed by atoms with Crippen LogP contribution in [0.1, 0.15) is 24.8 Å². The molecule has 2 saturated heterocycles. The van der Waals surface area contributed by atoms with Gasteiger partial charge < -0.3 is 15.1 Å². The molecule has 146 valence electrons. The van der Waals surface area contributed by atoms with Gasteiger partial charge in [-0.25, -0.2) is 4.39 Å². The fraction of sp³-hybridized carbons (Fsp3) is 0.632. The number of halogens is 2. The monoisotopic (exact) mass is 492 g/mol. The molecule has 1 atom stereocenters. The van der Waals surface area contributed by atoms with Crippen molar-refractivity contribution in [2.24, 2.45) is 10.9 Å². The van der Waals surface area contributed by atoms with Crippen molar-refractivity contribution in [2.45, 2.75) is 30.7 Å². The first-order chi connectivity index (χ1) is 12.2. The van der Waals surface area contributed by atoms with Crippen LogP contribution in [-0.2, 0) is 6.54 Å². The van der Waals surface area contributed by atoms with Gasteiger partial charge in [0.25, 0.3) is 0 Å². The van der Waals surface area contributed by atoms with E-state index >= 15 is 0 Å². The van der Waals surface area contributed by atoms with Crippen LogP contribution in [0.5, 0.6) is 0 Å². The topological polar surface area (TPSA) is 30.9 Å². The van der Waals surface area contributed by atoms with Gasteiger partial charge in [-0.1, -0.05) is 0 Å². The smallest absolute Gasteiger partial charge is 0.193 e. The Bertz CT molecular complexity index is 607. The molecule has 2 aliphatic heterocycles. The summed E-state index contributed by atoms with van der Waals surface area (Å²) >= 11 is 1.65. The molecule has 0 spiro atoms.